The Hall–Kier alpha value is -0.123. The Morgan fingerprint density at radius 3 is 1.29 bits per heavy atom. The predicted molar refractivity (Wildman–Crippen MR) is 110 cm³/mol. The molecule has 3 heteroatoms. The van der Waals surface area contributed by atoms with E-state index in [-0.39, 0.29) is 0 Å². The average molecular weight is 357 g/mol. The SMILES string of the molecule is C=CCCCCCCCCCCCCCCCC[Si](C)(OC)OC. The van der Waals surface area contributed by atoms with Crippen molar-refractivity contribution in [2.45, 2.75) is 109 Å². The zero-order valence-corrected chi connectivity index (χ0v) is 17.9. The quantitative estimate of drug-likeness (QED) is 0.136. The zero-order chi connectivity index (χ0) is 17.9. The van der Waals surface area contributed by atoms with Gasteiger partial charge in [0, 0.05) is 14.2 Å². The molecule has 0 bridgehead atoms. The number of unbranched alkanes of at least 4 members (excludes halogenated alkanes) is 14. The second kappa shape index (κ2) is 17.7. The van der Waals surface area contributed by atoms with E-state index in [1.54, 1.807) is 14.2 Å². The van der Waals surface area contributed by atoms with Crippen molar-refractivity contribution in [3.63, 3.8) is 0 Å². The van der Waals surface area contributed by atoms with Gasteiger partial charge >= 0.3 is 8.56 Å². The summed E-state index contributed by atoms with van der Waals surface area (Å²) in [5, 5.41) is 0. The summed E-state index contributed by atoms with van der Waals surface area (Å²) >= 11 is 0. The van der Waals surface area contributed by atoms with Crippen LogP contribution < -0.4 is 0 Å². The Kier molecular flexibility index (Phi) is 17.6. The fourth-order valence-electron chi connectivity index (χ4n) is 3.14. The normalized spacial score (nSPS) is 11.8. The first kappa shape index (κ1) is 23.9. The van der Waals surface area contributed by atoms with Gasteiger partial charge in [-0.15, -0.1) is 6.58 Å². The maximum Gasteiger partial charge on any atom is 0.334 e. The largest absolute Gasteiger partial charge is 0.398 e. The van der Waals surface area contributed by atoms with Crippen LogP contribution in [0.2, 0.25) is 12.6 Å². The average Bonchev–Trinajstić information content (AvgIpc) is 2.61. The fraction of sp³-hybridized carbons (Fsp3) is 0.905. The smallest absolute Gasteiger partial charge is 0.334 e. The highest BCUT2D eigenvalue weighted by Gasteiger charge is 2.27. The molecule has 0 aliphatic rings. The molecule has 0 atom stereocenters. The summed E-state index contributed by atoms with van der Waals surface area (Å²) in [4.78, 5) is 0. The van der Waals surface area contributed by atoms with Crippen molar-refractivity contribution >= 4 is 8.56 Å². The van der Waals surface area contributed by atoms with Crippen LogP contribution in [-0.2, 0) is 8.85 Å². The molecule has 0 spiro atoms. The van der Waals surface area contributed by atoms with E-state index in [0.717, 1.165) is 6.04 Å². The molecule has 0 saturated heterocycles. The molecule has 2 nitrogen and oxygen atoms in total. The standard InChI is InChI=1S/C21H44O2Si/c1-5-6-7-8-9-10-11-12-13-14-15-16-17-18-19-20-21-24(4,22-2)23-3/h5H,1,6-21H2,2-4H3. The van der Waals surface area contributed by atoms with Gasteiger partial charge in [-0.1, -0.05) is 89.5 Å². The first-order chi connectivity index (χ1) is 11.7. The van der Waals surface area contributed by atoms with Gasteiger partial charge in [0.1, 0.15) is 0 Å². The van der Waals surface area contributed by atoms with Crippen LogP contribution in [0.3, 0.4) is 0 Å². The highest BCUT2D eigenvalue weighted by molar-refractivity contribution is 6.65. The molecule has 0 heterocycles. The lowest BCUT2D eigenvalue weighted by Gasteiger charge is -2.22. The number of hydrogen-bond acceptors (Lipinski definition) is 2. The van der Waals surface area contributed by atoms with Crippen molar-refractivity contribution in [3.05, 3.63) is 12.7 Å². The predicted octanol–water partition coefficient (Wildman–Crippen LogP) is 7.39. The van der Waals surface area contributed by atoms with Crippen molar-refractivity contribution in [2.24, 2.45) is 0 Å². The summed E-state index contributed by atoms with van der Waals surface area (Å²) in [6.45, 7) is 5.93. The molecule has 0 aromatic heterocycles. The van der Waals surface area contributed by atoms with Crippen LogP contribution in [0.4, 0.5) is 0 Å². The summed E-state index contributed by atoms with van der Waals surface area (Å²) in [5.41, 5.74) is 0. The summed E-state index contributed by atoms with van der Waals surface area (Å²) < 4.78 is 11.0. The van der Waals surface area contributed by atoms with E-state index in [4.69, 9.17) is 8.85 Å². The van der Waals surface area contributed by atoms with Gasteiger partial charge in [0.25, 0.3) is 0 Å². The van der Waals surface area contributed by atoms with E-state index >= 15 is 0 Å². The van der Waals surface area contributed by atoms with Crippen molar-refractivity contribution in [3.8, 4) is 0 Å². The van der Waals surface area contributed by atoms with Crippen LogP contribution in [0, 0.1) is 0 Å². The highest BCUT2D eigenvalue weighted by Crippen LogP contribution is 2.18. The van der Waals surface area contributed by atoms with Crippen molar-refractivity contribution < 1.29 is 8.85 Å². The molecule has 0 amide bonds. The van der Waals surface area contributed by atoms with Gasteiger partial charge in [-0.3, -0.25) is 0 Å². The third-order valence-corrected chi connectivity index (χ3v) is 8.14. The summed E-state index contributed by atoms with van der Waals surface area (Å²) in [7, 11) is 1.77. The lowest BCUT2D eigenvalue weighted by molar-refractivity contribution is 0.248. The third kappa shape index (κ3) is 15.4. The molecule has 0 radical (unpaired) electrons. The molecule has 0 unspecified atom stereocenters. The summed E-state index contributed by atoms with van der Waals surface area (Å²) in [6.07, 6.45) is 22.8. The van der Waals surface area contributed by atoms with Crippen LogP contribution in [0.15, 0.2) is 12.7 Å². The van der Waals surface area contributed by atoms with E-state index in [9.17, 15) is 0 Å². The van der Waals surface area contributed by atoms with Gasteiger partial charge in [0.2, 0.25) is 0 Å². The second-order valence-electron chi connectivity index (χ2n) is 7.32. The van der Waals surface area contributed by atoms with E-state index in [2.05, 4.69) is 13.1 Å². The number of hydrogen-bond donors (Lipinski definition) is 0. The molecule has 144 valence electrons. The Morgan fingerprint density at radius 1 is 0.625 bits per heavy atom. The van der Waals surface area contributed by atoms with Crippen LogP contribution in [-0.4, -0.2) is 22.8 Å². The summed E-state index contributed by atoms with van der Waals surface area (Å²) in [5.74, 6) is 0. The van der Waals surface area contributed by atoms with Gasteiger partial charge in [-0.05, 0) is 25.4 Å². The Bertz CT molecular complexity index is 265. The topological polar surface area (TPSA) is 18.5 Å². The number of rotatable bonds is 19. The van der Waals surface area contributed by atoms with Crippen molar-refractivity contribution in [2.75, 3.05) is 14.2 Å². The van der Waals surface area contributed by atoms with E-state index < -0.39 is 8.56 Å². The van der Waals surface area contributed by atoms with Gasteiger partial charge < -0.3 is 8.85 Å². The maximum atomic E-state index is 5.52. The number of allylic oxidation sites excluding steroid dienone is 1. The van der Waals surface area contributed by atoms with Crippen molar-refractivity contribution in [1.29, 1.82) is 0 Å². The lowest BCUT2D eigenvalue weighted by atomic mass is 10.0. The highest BCUT2D eigenvalue weighted by atomic mass is 28.4. The molecule has 0 aliphatic heterocycles. The third-order valence-electron chi connectivity index (χ3n) is 5.15. The van der Waals surface area contributed by atoms with E-state index in [1.807, 2.05) is 6.08 Å². The Morgan fingerprint density at radius 2 is 0.958 bits per heavy atom. The summed E-state index contributed by atoms with van der Waals surface area (Å²) in [6, 6.07) is 1.13. The molecular formula is C21H44O2Si. The molecule has 0 aromatic rings. The minimum absolute atomic E-state index is 1.13. The van der Waals surface area contributed by atoms with Gasteiger partial charge in [0.05, 0.1) is 0 Å². The first-order valence-electron chi connectivity index (χ1n) is 10.4. The molecule has 0 rings (SSSR count). The van der Waals surface area contributed by atoms with E-state index in [0.29, 0.717) is 0 Å². The Labute approximate surface area is 153 Å². The molecule has 0 N–H and O–H groups in total. The van der Waals surface area contributed by atoms with Gasteiger partial charge in [-0.25, -0.2) is 0 Å². The minimum atomic E-state index is -1.81. The van der Waals surface area contributed by atoms with Crippen LogP contribution >= 0.6 is 0 Å². The van der Waals surface area contributed by atoms with E-state index in [1.165, 1.54) is 96.3 Å². The van der Waals surface area contributed by atoms with Crippen LogP contribution in [0.1, 0.15) is 96.3 Å². The molecule has 0 aliphatic carbocycles. The van der Waals surface area contributed by atoms with Gasteiger partial charge in [0.15, 0.2) is 0 Å². The van der Waals surface area contributed by atoms with Gasteiger partial charge in [-0.2, -0.15) is 0 Å². The van der Waals surface area contributed by atoms with Crippen LogP contribution in [0.5, 0.6) is 0 Å². The molecule has 0 fully saturated rings. The second-order valence-corrected chi connectivity index (χ2v) is 10.9. The minimum Gasteiger partial charge on any atom is -0.398 e. The molecule has 0 aromatic carbocycles. The Balaban J connectivity index is 3.14. The maximum absolute atomic E-state index is 5.52. The van der Waals surface area contributed by atoms with Crippen molar-refractivity contribution in [1.82, 2.24) is 0 Å². The molecular weight excluding hydrogens is 312 g/mol. The molecule has 0 saturated carbocycles. The lowest BCUT2D eigenvalue weighted by Crippen LogP contribution is -2.35. The van der Waals surface area contributed by atoms with Crippen LogP contribution in [0.25, 0.3) is 0 Å². The molecule has 24 heavy (non-hydrogen) atoms. The zero-order valence-electron chi connectivity index (χ0n) is 16.9. The fourth-order valence-corrected chi connectivity index (χ4v) is 4.61. The first-order valence-corrected chi connectivity index (χ1v) is 12.9. The monoisotopic (exact) mass is 356 g/mol.